The van der Waals surface area contributed by atoms with E-state index < -0.39 is 0 Å². The van der Waals surface area contributed by atoms with Gasteiger partial charge in [-0.25, -0.2) is 9.97 Å². The number of halogens is 1. The van der Waals surface area contributed by atoms with Crippen molar-refractivity contribution in [3.63, 3.8) is 0 Å². The van der Waals surface area contributed by atoms with Crippen molar-refractivity contribution in [3.05, 3.63) is 45.6 Å². The van der Waals surface area contributed by atoms with Gasteiger partial charge in [0.25, 0.3) is 0 Å². The first-order valence-corrected chi connectivity index (χ1v) is 9.93. The van der Waals surface area contributed by atoms with Crippen molar-refractivity contribution >= 4 is 21.7 Å². The standard InChI is InChI=1S/C19H22BrN5/c1-12-22-18-4-2-3-17(18)19(23-12)25-15-6-16(25)11-24(10-15)9-13-5-14(20)8-21-7-13/h5,7-8,15-16H,2-4,6,9-11H2,1H3. The molecule has 2 unspecified atom stereocenters. The first kappa shape index (κ1) is 15.7. The van der Waals surface area contributed by atoms with E-state index in [0.29, 0.717) is 12.1 Å². The fourth-order valence-electron chi connectivity index (χ4n) is 4.72. The number of anilines is 1. The molecule has 6 heteroatoms. The van der Waals surface area contributed by atoms with E-state index in [1.807, 2.05) is 19.3 Å². The molecule has 25 heavy (non-hydrogen) atoms. The summed E-state index contributed by atoms with van der Waals surface area (Å²) < 4.78 is 1.06. The van der Waals surface area contributed by atoms with Crippen LogP contribution in [0.4, 0.5) is 5.82 Å². The second-order valence-corrected chi connectivity index (χ2v) is 8.45. The Morgan fingerprint density at radius 3 is 2.80 bits per heavy atom. The Hall–Kier alpha value is -1.53. The zero-order valence-electron chi connectivity index (χ0n) is 14.5. The highest BCUT2D eigenvalue weighted by atomic mass is 79.9. The molecule has 6 rings (SSSR count). The summed E-state index contributed by atoms with van der Waals surface area (Å²) in [5.74, 6) is 2.17. The first-order chi connectivity index (χ1) is 12.2. The van der Waals surface area contributed by atoms with E-state index in [2.05, 4.69) is 41.8 Å². The Kier molecular flexibility index (Phi) is 3.78. The molecule has 2 aromatic heterocycles. The van der Waals surface area contributed by atoms with Gasteiger partial charge in [0.15, 0.2) is 0 Å². The molecule has 0 spiro atoms. The van der Waals surface area contributed by atoms with Crippen LogP contribution in [-0.4, -0.2) is 45.0 Å². The fourth-order valence-corrected chi connectivity index (χ4v) is 5.13. The van der Waals surface area contributed by atoms with Crippen LogP contribution in [0.1, 0.15) is 35.5 Å². The smallest absolute Gasteiger partial charge is 0.136 e. The van der Waals surface area contributed by atoms with Crippen molar-refractivity contribution in [2.45, 2.75) is 51.2 Å². The van der Waals surface area contributed by atoms with Gasteiger partial charge in [0.2, 0.25) is 0 Å². The van der Waals surface area contributed by atoms with Gasteiger partial charge in [0.05, 0.1) is 0 Å². The minimum Gasteiger partial charge on any atom is -0.348 e. The van der Waals surface area contributed by atoms with Crippen LogP contribution in [0.25, 0.3) is 0 Å². The third kappa shape index (κ3) is 2.75. The Balaban J connectivity index is 1.34. The highest BCUT2D eigenvalue weighted by Crippen LogP contribution is 2.40. The van der Waals surface area contributed by atoms with Crippen LogP contribution in [0, 0.1) is 6.92 Å². The van der Waals surface area contributed by atoms with Crippen LogP contribution < -0.4 is 4.90 Å². The Morgan fingerprint density at radius 1 is 1.16 bits per heavy atom. The predicted octanol–water partition coefficient (Wildman–Crippen LogP) is 2.89. The van der Waals surface area contributed by atoms with E-state index in [1.165, 1.54) is 35.5 Å². The topological polar surface area (TPSA) is 45.2 Å². The Labute approximate surface area is 156 Å². The van der Waals surface area contributed by atoms with Crippen LogP contribution in [0.3, 0.4) is 0 Å². The largest absolute Gasteiger partial charge is 0.348 e. The average Bonchev–Trinajstić information content (AvgIpc) is 3.03. The van der Waals surface area contributed by atoms with Gasteiger partial charge in [-0.2, -0.15) is 0 Å². The van der Waals surface area contributed by atoms with Gasteiger partial charge in [-0.3, -0.25) is 9.88 Å². The molecule has 3 saturated heterocycles. The second kappa shape index (κ2) is 6.02. The molecule has 3 aliphatic heterocycles. The van der Waals surface area contributed by atoms with E-state index in [1.54, 1.807) is 0 Å². The molecule has 0 amide bonds. The van der Waals surface area contributed by atoms with E-state index in [9.17, 15) is 0 Å². The summed E-state index contributed by atoms with van der Waals surface area (Å²) in [6.07, 6.45) is 8.61. The summed E-state index contributed by atoms with van der Waals surface area (Å²) in [6.45, 7) is 5.24. The molecule has 2 bridgehead atoms. The van der Waals surface area contributed by atoms with Crippen molar-refractivity contribution in [2.75, 3.05) is 18.0 Å². The Morgan fingerprint density at radius 2 is 2.00 bits per heavy atom. The molecule has 5 nitrogen and oxygen atoms in total. The fraction of sp³-hybridized carbons (Fsp3) is 0.526. The van der Waals surface area contributed by atoms with Crippen molar-refractivity contribution in [1.29, 1.82) is 0 Å². The summed E-state index contributed by atoms with van der Waals surface area (Å²) in [5.41, 5.74) is 4.00. The van der Waals surface area contributed by atoms with Gasteiger partial charge in [0.1, 0.15) is 11.6 Å². The van der Waals surface area contributed by atoms with Gasteiger partial charge in [-0.05, 0) is 60.2 Å². The molecule has 5 heterocycles. The maximum absolute atomic E-state index is 4.85. The number of nitrogens with zero attached hydrogens (tertiary/aromatic N) is 5. The number of hydrogen-bond donors (Lipinski definition) is 0. The second-order valence-electron chi connectivity index (χ2n) is 7.53. The van der Waals surface area contributed by atoms with Crippen LogP contribution >= 0.6 is 15.9 Å². The number of aromatic nitrogens is 3. The summed E-state index contributed by atoms with van der Waals surface area (Å²) in [7, 11) is 0. The number of piperidine rings is 1. The third-order valence-corrected chi connectivity index (χ3v) is 6.14. The number of hydrogen-bond acceptors (Lipinski definition) is 5. The molecular weight excluding hydrogens is 378 g/mol. The van der Waals surface area contributed by atoms with Gasteiger partial charge < -0.3 is 4.90 Å². The molecule has 3 fully saturated rings. The minimum absolute atomic E-state index is 0.595. The summed E-state index contributed by atoms with van der Waals surface area (Å²) >= 11 is 3.52. The highest BCUT2D eigenvalue weighted by molar-refractivity contribution is 9.10. The molecule has 0 radical (unpaired) electrons. The molecule has 2 aromatic rings. The van der Waals surface area contributed by atoms with Crippen LogP contribution in [0.15, 0.2) is 22.9 Å². The monoisotopic (exact) mass is 399 g/mol. The normalized spacial score (nSPS) is 25.0. The summed E-state index contributed by atoms with van der Waals surface area (Å²) in [5, 5.41) is 0. The summed E-state index contributed by atoms with van der Waals surface area (Å²) in [4.78, 5) is 19.0. The van der Waals surface area contributed by atoms with Gasteiger partial charge >= 0.3 is 0 Å². The zero-order chi connectivity index (χ0) is 17.0. The number of rotatable bonds is 3. The molecule has 1 aliphatic carbocycles. The van der Waals surface area contributed by atoms with E-state index in [-0.39, 0.29) is 0 Å². The van der Waals surface area contributed by atoms with Crippen LogP contribution in [0.5, 0.6) is 0 Å². The van der Waals surface area contributed by atoms with E-state index >= 15 is 0 Å². The highest BCUT2D eigenvalue weighted by Gasteiger charge is 2.46. The minimum atomic E-state index is 0.595. The molecule has 4 aliphatic rings. The molecule has 0 aromatic carbocycles. The predicted molar refractivity (Wildman–Crippen MR) is 101 cm³/mol. The lowest BCUT2D eigenvalue weighted by Gasteiger charge is -2.57. The molecule has 130 valence electrons. The average molecular weight is 400 g/mol. The number of aryl methyl sites for hydroxylation is 2. The number of fused-ring (bicyclic) bond motifs is 3. The SMILES string of the molecule is Cc1nc2c(c(N3C4CC3CN(Cc3cncc(Br)c3)C4)n1)CCC2. The summed E-state index contributed by atoms with van der Waals surface area (Å²) in [6, 6.07) is 3.36. The third-order valence-electron chi connectivity index (χ3n) is 5.70. The van der Waals surface area contributed by atoms with Crippen molar-refractivity contribution in [1.82, 2.24) is 19.9 Å². The zero-order valence-corrected chi connectivity index (χ0v) is 16.0. The maximum atomic E-state index is 4.85. The number of pyridine rings is 1. The van der Waals surface area contributed by atoms with E-state index in [0.717, 1.165) is 42.8 Å². The maximum Gasteiger partial charge on any atom is 0.136 e. The molecular formula is C19H22BrN5. The molecule has 0 saturated carbocycles. The van der Waals surface area contributed by atoms with E-state index in [4.69, 9.17) is 4.98 Å². The molecule has 0 N–H and O–H groups in total. The van der Waals surface area contributed by atoms with Crippen molar-refractivity contribution in [2.24, 2.45) is 0 Å². The van der Waals surface area contributed by atoms with Gasteiger partial charge in [0, 0.05) is 59.8 Å². The first-order valence-electron chi connectivity index (χ1n) is 9.14. The Bertz CT molecular complexity index is 811. The van der Waals surface area contributed by atoms with Crippen molar-refractivity contribution in [3.8, 4) is 0 Å². The lowest BCUT2D eigenvalue weighted by molar-refractivity contribution is 0.107. The van der Waals surface area contributed by atoms with Crippen molar-refractivity contribution < 1.29 is 0 Å². The molecule has 2 atom stereocenters. The number of piperazine rings is 1. The van der Waals surface area contributed by atoms with Gasteiger partial charge in [-0.1, -0.05) is 0 Å². The van der Waals surface area contributed by atoms with Gasteiger partial charge in [-0.15, -0.1) is 0 Å². The van der Waals surface area contributed by atoms with Crippen LogP contribution in [-0.2, 0) is 19.4 Å². The van der Waals surface area contributed by atoms with Crippen LogP contribution in [0.2, 0.25) is 0 Å². The lowest BCUT2D eigenvalue weighted by Crippen LogP contribution is -2.69. The quantitative estimate of drug-likeness (QED) is 0.793. The lowest BCUT2D eigenvalue weighted by atomic mass is 9.86.